The third-order valence-electron chi connectivity index (χ3n) is 3.98. The highest BCUT2D eigenvalue weighted by atomic mass is 35.5. The van der Waals surface area contributed by atoms with Crippen LogP contribution in [0.25, 0.3) is 0 Å². The van der Waals surface area contributed by atoms with Crippen LogP contribution in [0.2, 0.25) is 0 Å². The highest BCUT2D eigenvalue weighted by Crippen LogP contribution is 2.28. The van der Waals surface area contributed by atoms with Crippen LogP contribution in [-0.2, 0) is 9.53 Å². The molecular weight excluding hydrogens is 264 g/mol. The van der Waals surface area contributed by atoms with Crippen LogP contribution in [-0.4, -0.2) is 50.7 Å². The Morgan fingerprint density at radius 1 is 1.32 bits per heavy atom. The van der Waals surface area contributed by atoms with Crippen LogP contribution in [0.1, 0.15) is 32.1 Å². The first-order valence-electron chi connectivity index (χ1n) is 7.28. The minimum absolute atomic E-state index is 0. The molecule has 1 aliphatic carbocycles. The molecule has 1 aliphatic heterocycles. The van der Waals surface area contributed by atoms with Crippen LogP contribution in [0.5, 0.6) is 0 Å². The van der Waals surface area contributed by atoms with Crippen LogP contribution in [0.15, 0.2) is 0 Å². The van der Waals surface area contributed by atoms with Crippen molar-refractivity contribution >= 4 is 18.3 Å². The van der Waals surface area contributed by atoms with Crippen LogP contribution >= 0.6 is 12.4 Å². The number of rotatable bonds is 8. The van der Waals surface area contributed by atoms with Crippen LogP contribution in [0, 0.1) is 11.8 Å². The lowest BCUT2D eigenvalue weighted by Gasteiger charge is -2.18. The summed E-state index contributed by atoms with van der Waals surface area (Å²) in [4.78, 5) is 13.7. The fourth-order valence-corrected chi connectivity index (χ4v) is 2.34. The lowest BCUT2D eigenvalue weighted by atomic mass is 10.0. The second-order valence-electron chi connectivity index (χ2n) is 5.73. The number of nitrogens with zero attached hydrogens (tertiary/aromatic N) is 1. The number of carbonyl (C=O) groups is 1. The quantitative estimate of drug-likeness (QED) is 0.692. The molecular formula is C14H27ClN2O2. The van der Waals surface area contributed by atoms with E-state index in [1.54, 1.807) is 0 Å². The zero-order valence-corrected chi connectivity index (χ0v) is 12.7. The van der Waals surface area contributed by atoms with Crippen molar-refractivity contribution in [1.29, 1.82) is 0 Å². The molecule has 5 heteroatoms. The first-order chi connectivity index (χ1) is 8.75. The molecule has 1 saturated heterocycles. The first-order valence-corrected chi connectivity index (χ1v) is 7.28. The summed E-state index contributed by atoms with van der Waals surface area (Å²) in [5, 5.41) is 3.34. The Hall–Kier alpha value is -0.320. The van der Waals surface area contributed by atoms with Crippen LogP contribution in [0.3, 0.4) is 0 Å². The standard InChI is InChI=1S/C14H26N2O2.ClH/c1-16(8-9-18-11-13-2-3-13)14(17)5-4-12-6-7-15-10-12;/h12-13,15H,2-11H2,1H3;1H. The molecule has 0 spiro atoms. The summed E-state index contributed by atoms with van der Waals surface area (Å²) in [6, 6.07) is 0. The average molecular weight is 291 g/mol. The van der Waals surface area contributed by atoms with E-state index in [0.29, 0.717) is 18.9 Å². The molecule has 1 N–H and O–H groups in total. The third-order valence-corrected chi connectivity index (χ3v) is 3.98. The number of halogens is 1. The van der Waals surface area contributed by atoms with Gasteiger partial charge in [0.1, 0.15) is 0 Å². The molecule has 1 amide bonds. The minimum atomic E-state index is 0. The fraction of sp³-hybridized carbons (Fsp3) is 0.929. The smallest absolute Gasteiger partial charge is 0.222 e. The molecule has 0 aromatic heterocycles. The number of hydrogen-bond donors (Lipinski definition) is 1. The van der Waals surface area contributed by atoms with Gasteiger partial charge in [0.15, 0.2) is 0 Å². The normalized spacial score (nSPS) is 22.1. The Balaban J connectivity index is 0.00000180. The lowest BCUT2D eigenvalue weighted by molar-refractivity contribution is -0.130. The SMILES string of the molecule is CN(CCOCC1CC1)C(=O)CCC1CCNC1.Cl. The van der Waals surface area contributed by atoms with Crippen molar-refractivity contribution < 1.29 is 9.53 Å². The van der Waals surface area contributed by atoms with Gasteiger partial charge in [-0.25, -0.2) is 0 Å². The Kier molecular flexibility index (Phi) is 7.73. The molecule has 19 heavy (non-hydrogen) atoms. The Morgan fingerprint density at radius 3 is 2.74 bits per heavy atom. The fourth-order valence-electron chi connectivity index (χ4n) is 2.34. The van der Waals surface area contributed by atoms with E-state index >= 15 is 0 Å². The van der Waals surface area contributed by atoms with Crippen molar-refractivity contribution in [3.63, 3.8) is 0 Å². The van der Waals surface area contributed by atoms with Gasteiger partial charge in [-0.15, -0.1) is 12.4 Å². The van der Waals surface area contributed by atoms with Gasteiger partial charge in [0.2, 0.25) is 5.91 Å². The van der Waals surface area contributed by atoms with Crippen molar-refractivity contribution in [2.24, 2.45) is 11.8 Å². The maximum absolute atomic E-state index is 11.9. The van der Waals surface area contributed by atoms with Gasteiger partial charge in [0.05, 0.1) is 6.61 Å². The van der Waals surface area contributed by atoms with E-state index in [4.69, 9.17) is 4.74 Å². The predicted octanol–water partition coefficient (Wildman–Crippen LogP) is 1.68. The highest BCUT2D eigenvalue weighted by molar-refractivity contribution is 5.85. The van der Waals surface area contributed by atoms with Crippen LogP contribution in [0.4, 0.5) is 0 Å². The van der Waals surface area contributed by atoms with E-state index in [1.165, 1.54) is 19.3 Å². The van der Waals surface area contributed by atoms with Gasteiger partial charge in [0, 0.05) is 26.6 Å². The average Bonchev–Trinajstić information content (AvgIpc) is 3.05. The maximum atomic E-state index is 11.9. The minimum Gasteiger partial charge on any atom is -0.379 e. The maximum Gasteiger partial charge on any atom is 0.222 e. The molecule has 112 valence electrons. The molecule has 0 radical (unpaired) electrons. The topological polar surface area (TPSA) is 41.6 Å². The molecule has 2 fully saturated rings. The van der Waals surface area contributed by atoms with Gasteiger partial charge >= 0.3 is 0 Å². The number of hydrogen-bond acceptors (Lipinski definition) is 3. The molecule has 1 heterocycles. The molecule has 4 nitrogen and oxygen atoms in total. The Labute approximate surface area is 122 Å². The lowest BCUT2D eigenvalue weighted by Crippen LogP contribution is -2.30. The van der Waals surface area contributed by atoms with E-state index in [-0.39, 0.29) is 18.3 Å². The van der Waals surface area contributed by atoms with Gasteiger partial charge in [-0.1, -0.05) is 0 Å². The van der Waals surface area contributed by atoms with E-state index < -0.39 is 0 Å². The second kappa shape index (κ2) is 8.77. The van der Waals surface area contributed by atoms with Gasteiger partial charge in [0.25, 0.3) is 0 Å². The van der Waals surface area contributed by atoms with E-state index in [1.807, 2.05) is 11.9 Å². The summed E-state index contributed by atoms with van der Waals surface area (Å²) in [6.07, 6.45) is 5.58. The van der Waals surface area contributed by atoms with Crippen molar-refractivity contribution in [1.82, 2.24) is 10.2 Å². The van der Waals surface area contributed by atoms with E-state index in [0.717, 1.165) is 38.6 Å². The summed E-state index contributed by atoms with van der Waals surface area (Å²) in [5.74, 6) is 1.77. The molecule has 2 rings (SSSR count). The zero-order chi connectivity index (χ0) is 12.8. The number of ether oxygens (including phenoxy) is 1. The van der Waals surface area contributed by atoms with Crippen molar-refractivity contribution in [2.45, 2.75) is 32.1 Å². The van der Waals surface area contributed by atoms with Gasteiger partial charge in [-0.2, -0.15) is 0 Å². The largest absolute Gasteiger partial charge is 0.379 e. The van der Waals surface area contributed by atoms with Crippen molar-refractivity contribution in [2.75, 3.05) is 39.9 Å². The monoisotopic (exact) mass is 290 g/mol. The third kappa shape index (κ3) is 6.59. The summed E-state index contributed by atoms with van der Waals surface area (Å²) >= 11 is 0. The molecule has 0 aromatic carbocycles. The number of likely N-dealkylation sites (N-methyl/N-ethyl adjacent to an activating group) is 1. The molecule has 1 unspecified atom stereocenters. The molecule has 0 bridgehead atoms. The number of nitrogens with one attached hydrogen (secondary N) is 1. The highest BCUT2D eigenvalue weighted by Gasteiger charge is 2.21. The predicted molar refractivity (Wildman–Crippen MR) is 78.6 cm³/mol. The Morgan fingerprint density at radius 2 is 2.11 bits per heavy atom. The first kappa shape index (κ1) is 16.7. The number of carbonyl (C=O) groups excluding carboxylic acids is 1. The molecule has 1 atom stereocenters. The Bertz CT molecular complexity index is 266. The van der Waals surface area contributed by atoms with E-state index in [9.17, 15) is 4.79 Å². The van der Waals surface area contributed by atoms with E-state index in [2.05, 4.69) is 5.32 Å². The van der Waals surface area contributed by atoms with Gasteiger partial charge < -0.3 is 15.0 Å². The molecule has 1 saturated carbocycles. The number of amides is 1. The van der Waals surface area contributed by atoms with Crippen molar-refractivity contribution in [3.8, 4) is 0 Å². The van der Waals surface area contributed by atoms with Crippen molar-refractivity contribution in [3.05, 3.63) is 0 Å². The molecule has 2 aliphatic rings. The zero-order valence-electron chi connectivity index (χ0n) is 11.9. The summed E-state index contributed by atoms with van der Waals surface area (Å²) in [7, 11) is 1.88. The molecule has 0 aromatic rings. The summed E-state index contributed by atoms with van der Waals surface area (Å²) in [5.41, 5.74) is 0. The van der Waals surface area contributed by atoms with Gasteiger partial charge in [-0.3, -0.25) is 4.79 Å². The summed E-state index contributed by atoms with van der Waals surface area (Å²) in [6.45, 7) is 4.50. The van der Waals surface area contributed by atoms with Crippen LogP contribution < -0.4 is 5.32 Å². The second-order valence-corrected chi connectivity index (χ2v) is 5.73. The van der Waals surface area contributed by atoms with Gasteiger partial charge in [-0.05, 0) is 50.6 Å². The summed E-state index contributed by atoms with van der Waals surface area (Å²) < 4.78 is 5.55.